The van der Waals surface area contributed by atoms with Crippen LogP contribution in [0.15, 0.2) is 23.3 Å². The van der Waals surface area contributed by atoms with E-state index in [1.54, 1.807) is 20.2 Å². The van der Waals surface area contributed by atoms with Gasteiger partial charge in [-0.3, -0.25) is 4.99 Å². The van der Waals surface area contributed by atoms with Gasteiger partial charge >= 0.3 is 5.97 Å². The number of carbonyl (C=O) groups excluding carboxylic acids is 1. The van der Waals surface area contributed by atoms with E-state index in [4.69, 9.17) is 4.74 Å². The molecule has 2 aromatic heterocycles. The molecule has 0 saturated heterocycles. The molecule has 0 radical (unpaired) electrons. The summed E-state index contributed by atoms with van der Waals surface area (Å²) in [6, 6.07) is 3.83. The number of hydrogen-bond donors (Lipinski definition) is 2. The first-order valence-electron chi connectivity index (χ1n) is 9.10. The van der Waals surface area contributed by atoms with Crippen molar-refractivity contribution in [2.75, 3.05) is 32.6 Å². The molecule has 0 amide bonds. The fraction of sp³-hybridized carbons (Fsp3) is 0.474. The fourth-order valence-corrected chi connectivity index (χ4v) is 3.56. The van der Waals surface area contributed by atoms with Crippen LogP contribution in [0.25, 0.3) is 0 Å². The fourth-order valence-electron chi connectivity index (χ4n) is 2.60. The summed E-state index contributed by atoms with van der Waals surface area (Å²) >= 11 is 1.34. The Hall–Kier alpha value is -1.95. The number of halogens is 1. The highest BCUT2D eigenvalue weighted by molar-refractivity contribution is 14.0. The largest absolute Gasteiger partial charge is 0.462 e. The topological polar surface area (TPSA) is 91.7 Å². The van der Waals surface area contributed by atoms with Gasteiger partial charge in [-0.2, -0.15) is 0 Å². The van der Waals surface area contributed by atoms with Crippen LogP contribution in [0.1, 0.15) is 45.8 Å². The Morgan fingerprint density at radius 1 is 1.41 bits per heavy atom. The molecule has 0 saturated carbocycles. The smallest absolute Gasteiger partial charge is 0.350 e. The molecule has 0 aliphatic carbocycles. The zero-order valence-corrected chi connectivity index (χ0v) is 20.8. The molecule has 2 N–H and O–H groups in total. The Labute approximate surface area is 193 Å². The molecule has 0 aliphatic rings. The molecule has 1 unspecified atom stereocenters. The Morgan fingerprint density at radius 3 is 2.76 bits per heavy atom. The Balaban J connectivity index is 0.00000420. The summed E-state index contributed by atoms with van der Waals surface area (Å²) in [5.74, 6) is 1.23. The number of anilines is 1. The summed E-state index contributed by atoms with van der Waals surface area (Å²) in [6.07, 6.45) is 1.78. The number of aromatic nitrogens is 2. The number of rotatable bonds is 7. The first-order chi connectivity index (χ1) is 13.4. The molecule has 2 aromatic rings. The second-order valence-corrected chi connectivity index (χ2v) is 7.39. The van der Waals surface area contributed by atoms with Crippen molar-refractivity contribution >= 4 is 53.1 Å². The summed E-state index contributed by atoms with van der Waals surface area (Å²) in [5.41, 5.74) is 1.75. The second-order valence-electron chi connectivity index (χ2n) is 6.36. The molecule has 29 heavy (non-hydrogen) atoms. The molecule has 0 aliphatic heterocycles. The number of ether oxygens (including phenoxy) is 1. The summed E-state index contributed by atoms with van der Waals surface area (Å²) in [6.45, 7) is 6.52. The van der Waals surface area contributed by atoms with Crippen molar-refractivity contribution in [3.8, 4) is 0 Å². The van der Waals surface area contributed by atoms with Gasteiger partial charge in [0, 0.05) is 39.4 Å². The van der Waals surface area contributed by atoms with Gasteiger partial charge in [-0.1, -0.05) is 6.07 Å². The summed E-state index contributed by atoms with van der Waals surface area (Å²) in [4.78, 5) is 27.7. The molecule has 8 nitrogen and oxygen atoms in total. The van der Waals surface area contributed by atoms with Crippen LogP contribution in [0.3, 0.4) is 0 Å². The van der Waals surface area contributed by atoms with E-state index < -0.39 is 0 Å². The van der Waals surface area contributed by atoms with Crippen molar-refractivity contribution in [2.45, 2.75) is 33.4 Å². The molecule has 10 heteroatoms. The average molecular weight is 532 g/mol. The van der Waals surface area contributed by atoms with Crippen molar-refractivity contribution in [3.05, 3.63) is 39.5 Å². The van der Waals surface area contributed by atoms with E-state index in [0.717, 1.165) is 16.4 Å². The van der Waals surface area contributed by atoms with E-state index in [-0.39, 0.29) is 36.0 Å². The molecule has 160 valence electrons. The van der Waals surface area contributed by atoms with E-state index in [1.165, 1.54) is 11.3 Å². The van der Waals surface area contributed by atoms with Gasteiger partial charge in [0.05, 0.1) is 18.3 Å². The highest BCUT2D eigenvalue weighted by Crippen LogP contribution is 2.24. The number of nitrogens with one attached hydrogen (secondary N) is 2. The number of carbonyl (C=O) groups is 1. The number of aliphatic imine (C=N–C) groups is 1. The zero-order chi connectivity index (χ0) is 20.7. The lowest BCUT2D eigenvalue weighted by Crippen LogP contribution is -2.38. The number of guanidine groups is 1. The predicted octanol–water partition coefficient (Wildman–Crippen LogP) is 3.13. The number of aryl methyl sites for hydroxylation is 1. The van der Waals surface area contributed by atoms with E-state index >= 15 is 0 Å². The average Bonchev–Trinajstić information content (AvgIpc) is 3.07. The molecular weight excluding hydrogens is 503 g/mol. The van der Waals surface area contributed by atoms with Crippen molar-refractivity contribution in [1.29, 1.82) is 0 Å². The number of nitrogens with zero attached hydrogens (tertiary/aromatic N) is 4. The number of hydrogen-bond acceptors (Lipinski definition) is 7. The molecule has 0 spiro atoms. The lowest BCUT2D eigenvalue weighted by molar-refractivity contribution is 0.0531. The van der Waals surface area contributed by atoms with E-state index in [9.17, 15) is 4.79 Å². The molecular formula is C19H29IN6O2S. The standard InChI is InChI=1S/C19H28N6O2S.HI/c1-7-27-18(26)15-12(2)23-17(28-15)13(3)24-19(20-4)22-11-14-9-8-10-21-16(14)25(5)6;/h8-10,13H,7,11H2,1-6H3,(H2,20,22,24);1H. The van der Waals surface area contributed by atoms with E-state index in [1.807, 2.05) is 45.0 Å². The van der Waals surface area contributed by atoms with E-state index in [0.29, 0.717) is 29.7 Å². The zero-order valence-electron chi connectivity index (χ0n) is 17.6. The van der Waals surface area contributed by atoms with Gasteiger partial charge in [0.1, 0.15) is 15.7 Å². The highest BCUT2D eigenvalue weighted by atomic mass is 127. The van der Waals surface area contributed by atoms with Gasteiger partial charge in [0.15, 0.2) is 5.96 Å². The lowest BCUT2D eigenvalue weighted by atomic mass is 10.2. The second kappa shape index (κ2) is 11.9. The van der Waals surface area contributed by atoms with Crippen LogP contribution in [-0.2, 0) is 11.3 Å². The maximum atomic E-state index is 12.0. The van der Waals surface area contributed by atoms with Crippen molar-refractivity contribution in [1.82, 2.24) is 20.6 Å². The SMILES string of the molecule is CCOC(=O)c1sc(C(C)NC(=NC)NCc2cccnc2N(C)C)nc1C.I. The quantitative estimate of drug-likeness (QED) is 0.245. The maximum Gasteiger partial charge on any atom is 0.350 e. The third-order valence-corrected chi connectivity index (χ3v) is 5.28. The number of thiazole rings is 1. The van der Waals surface area contributed by atoms with E-state index in [2.05, 4.69) is 25.6 Å². The van der Waals surface area contributed by atoms with Gasteiger partial charge in [0.2, 0.25) is 0 Å². The van der Waals surface area contributed by atoms with Crippen LogP contribution >= 0.6 is 35.3 Å². The van der Waals surface area contributed by atoms with Crippen LogP contribution in [-0.4, -0.2) is 49.6 Å². The summed E-state index contributed by atoms with van der Waals surface area (Å²) < 4.78 is 5.09. The van der Waals surface area contributed by atoms with Crippen molar-refractivity contribution in [2.24, 2.45) is 4.99 Å². The minimum Gasteiger partial charge on any atom is -0.462 e. The molecule has 0 bridgehead atoms. The first kappa shape index (κ1) is 25.1. The summed E-state index contributed by atoms with van der Waals surface area (Å²) in [7, 11) is 5.65. The van der Waals surface area contributed by atoms with Crippen LogP contribution in [0.2, 0.25) is 0 Å². The number of pyridine rings is 1. The third-order valence-electron chi connectivity index (χ3n) is 3.96. The molecule has 0 aromatic carbocycles. The minimum absolute atomic E-state index is 0. The van der Waals surface area contributed by atoms with Crippen LogP contribution < -0.4 is 15.5 Å². The maximum absolute atomic E-state index is 12.0. The molecule has 1 atom stereocenters. The van der Waals surface area contributed by atoms with Gasteiger partial charge in [0.25, 0.3) is 0 Å². The van der Waals surface area contributed by atoms with Gasteiger partial charge in [-0.05, 0) is 26.8 Å². The van der Waals surface area contributed by atoms with Crippen LogP contribution in [0.4, 0.5) is 5.82 Å². The summed E-state index contributed by atoms with van der Waals surface area (Å²) in [5, 5.41) is 7.42. The van der Waals surface area contributed by atoms with Gasteiger partial charge in [-0.25, -0.2) is 14.8 Å². The predicted molar refractivity (Wildman–Crippen MR) is 129 cm³/mol. The van der Waals surface area contributed by atoms with Gasteiger partial charge < -0.3 is 20.3 Å². The third kappa shape index (κ3) is 6.81. The lowest BCUT2D eigenvalue weighted by Gasteiger charge is -2.19. The molecule has 0 fully saturated rings. The Morgan fingerprint density at radius 2 is 2.14 bits per heavy atom. The number of esters is 1. The first-order valence-corrected chi connectivity index (χ1v) is 9.91. The minimum atomic E-state index is -0.328. The van der Waals surface area contributed by atoms with Crippen LogP contribution in [0, 0.1) is 6.92 Å². The normalized spacial score (nSPS) is 12.0. The van der Waals surface area contributed by atoms with Crippen molar-refractivity contribution in [3.63, 3.8) is 0 Å². The Bertz CT molecular complexity index is 840. The highest BCUT2D eigenvalue weighted by Gasteiger charge is 2.20. The molecule has 2 rings (SSSR count). The van der Waals surface area contributed by atoms with Gasteiger partial charge in [-0.15, -0.1) is 35.3 Å². The Kier molecular flexibility index (Phi) is 10.3. The van der Waals surface area contributed by atoms with Crippen molar-refractivity contribution < 1.29 is 9.53 Å². The van der Waals surface area contributed by atoms with Crippen LogP contribution in [0.5, 0.6) is 0 Å². The monoisotopic (exact) mass is 532 g/mol. The molecule has 2 heterocycles.